The maximum Gasteiger partial charge on any atom is 0.535 e. The molecule has 0 fully saturated rings. The quantitative estimate of drug-likeness (QED) is 0.355. The highest BCUT2D eigenvalue weighted by Crippen LogP contribution is 2.33. The summed E-state index contributed by atoms with van der Waals surface area (Å²) < 4.78 is 3.58. The summed E-state index contributed by atoms with van der Waals surface area (Å²) in [5, 5.41) is 19.1. The first-order chi connectivity index (χ1) is 16.7. The molecule has 0 atom stereocenters. The molecule has 0 spiro atoms. The van der Waals surface area contributed by atoms with Crippen LogP contribution in [-0.2, 0) is 0 Å². The zero-order valence-electron chi connectivity index (χ0n) is 17.7. The predicted molar refractivity (Wildman–Crippen MR) is 126 cm³/mol. The van der Waals surface area contributed by atoms with Gasteiger partial charge in [-0.2, -0.15) is 10.5 Å². The number of nitriles is 2. The number of hydrogen-bond acceptors (Lipinski definition) is 4. The van der Waals surface area contributed by atoms with E-state index in [9.17, 15) is 10.5 Å². The van der Waals surface area contributed by atoms with Gasteiger partial charge in [0.25, 0.3) is 5.82 Å². The molecule has 8 nitrogen and oxygen atoms in total. The van der Waals surface area contributed by atoms with Crippen LogP contribution in [0.2, 0.25) is 0 Å². The molecule has 0 N–H and O–H groups in total. The van der Waals surface area contributed by atoms with E-state index in [0.717, 1.165) is 11.4 Å². The lowest BCUT2D eigenvalue weighted by atomic mass is 10.2. The summed E-state index contributed by atoms with van der Waals surface area (Å²) in [4.78, 5) is 16.3. The average Bonchev–Trinajstić information content (AvgIpc) is 3.43. The summed E-state index contributed by atoms with van der Waals surface area (Å²) >= 11 is 0. The predicted octanol–water partition coefficient (Wildman–Crippen LogP) is 5.33. The minimum Gasteiger partial charge on any atom is -0.294 e. The summed E-state index contributed by atoms with van der Waals surface area (Å²) in [6.07, 6.45) is -1.09. The van der Waals surface area contributed by atoms with E-state index in [1.807, 2.05) is 84.9 Å². The maximum atomic E-state index is 9.57. The molecular formula is C26H14N8. The van der Waals surface area contributed by atoms with Crippen molar-refractivity contribution in [1.82, 2.24) is 19.1 Å². The molecule has 5 rings (SSSR count). The first-order valence-electron chi connectivity index (χ1n) is 10.3. The van der Waals surface area contributed by atoms with Crippen LogP contribution in [0.15, 0.2) is 72.8 Å². The van der Waals surface area contributed by atoms with Gasteiger partial charge in [-0.15, -0.1) is 0 Å². The van der Waals surface area contributed by atoms with Gasteiger partial charge in [0, 0.05) is 11.4 Å². The Morgan fingerprint density at radius 1 is 0.706 bits per heavy atom. The molecule has 0 unspecified atom stereocenters. The standard InChI is InChI=1S/C26H14N8/c1-29-24(30-2)26-32-21-14-22-20(13-23(21)34(26)19-11-7-4-8-12-19)31-25(17(15-27)16-28)33(22)18-9-5-3-6-10-18/h3-14,17,24H. The topological polar surface area (TPSA) is 91.9 Å². The number of imidazole rings is 2. The number of para-hydroxylation sites is 2. The van der Waals surface area contributed by atoms with Crippen LogP contribution < -0.4 is 0 Å². The normalized spacial score (nSPS) is 10.8. The smallest absolute Gasteiger partial charge is 0.294 e. The summed E-state index contributed by atoms with van der Waals surface area (Å²) in [5.41, 5.74) is 4.05. The number of fused-ring (bicyclic) bond motifs is 2. The fourth-order valence-corrected chi connectivity index (χ4v) is 4.04. The molecular weight excluding hydrogens is 424 g/mol. The highest BCUT2D eigenvalue weighted by Gasteiger charge is 2.31. The van der Waals surface area contributed by atoms with Crippen LogP contribution in [0.5, 0.6) is 0 Å². The summed E-state index contributed by atoms with van der Waals surface area (Å²) in [7, 11) is 0. The van der Waals surface area contributed by atoms with Crippen molar-refractivity contribution < 1.29 is 0 Å². The van der Waals surface area contributed by atoms with Gasteiger partial charge in [-0.1, -0.05) is 36.4 Å². The molecule has 0 amide bonds. The second-order valence-electron chi connectivity index (χ2n) is 7.43. The Bertz CT molecular complexity index is 1540. The van der Waals surface area contributed by atoms with Gasteiger partial charge in [-0.25, -0.2) is 32.8 Å². The highest BCUT2D eigenvalue weighted by atomic mass is 15.2. The van der Waals surface area contributed by atoms with Gasteiger partial charge in [0.05, 0.1) is 34.2 Å². The van der Waals surface area contributed by atoms with E-state index in [-0.39, 0.29) is 0 Å². The Morgan fingerprint density at radius 2 is 1.15 bits per heavy atom. The van der Waals surface area contributed by atoms with Crippen molar-refractivity contribution in [2.45, 2.75) is 12.1 Å². The third-order valence-corrected chi connectivity index (χ3v) is 5.50. The fraction of sp³-hybridized carbons (Fsp3) is 0.0769. The number of aromatic nitrogens is 4. The monoisotopic (exact) mass is 438 g/mol. The molecule has 8 heteroatoms. The second kappa shape index (κ2) is 8.24. The van der Waals surface area contributed by atoms with Gasteiger partial charge in [-0.05, 0) is 36.4 Å². The fourth-order valence-electron chi connectivity index (χ4n) is 4.04. The van der Waals surface area contributed by atoms with Crippen LogP contribution in [0.3, 0.4) is 0 Å². The zero-order chi connectivity index (χ0) is 23.7. The minimum absolute atomic E-state index is 0.325. The molecule has 2 heterocycles. The van der Waals surface area contributed by atoms with E-state index in [1.165, 1.54) is 0 Å². The average molecular weight is 438 g/mol. The first-order valence-corrected chi connectivity index (χ1v) is 10.3. The molecule has 0 aliphatic heterocycles. The molecule has 5 aromatic rings. The lowest BCUT2D eigenvalue weighted by Crippen LogP contribution is -2.05. The van der Waals surface area contributed by atoms with Gasteiger partial charge < -0.3 is 0 Å². The lowest BCUT2D eigenvalue weighted by Gasteiger charge is -2.09. The molecule has 0 aliphatic rings. The third kappa shape index (κ3) is 3.12. The Balaban J connectivity index is 1.89. The molecule has 0 bridgehead atoms. The minimum atomic E-state index is -1.09. The van der Waals surface area contributed by atoms with Gasteiger partial charge in [0.2, 0.25) is 0 Å². The Hall–Kier alpha value is -5.44. The van der Waals surface area contributed by atoms with E-state index in [4.69, 9.17) is 13.1 Å². The van der Waals surface area contributed by atoms with Crippen LogP contribution in [-0.4, -0.2) is 19.1 Å². The van der Waals surface area contributed by atoms with Crippen molar-refractivity contribution in [2.24, 2.45) is 0 Å². The van der Waals surface area contributed by atoms with E-state index in [0.29, 0.717) is 33.7 Å². The largest absolute Gasteiger partial charge is 0.535 e. The maximum absolute atomic E-state index is 9.57. The molecule has 158 valence electrons. The van der Waals surface area contributed by atoms with Gasteiger partial charge in [0.15, 0.2) is 5.92 Å². The van der Waals surface area contributed by atoms with Crippen molar-refractivity contribution in [3.05, 3.63) is 107 Å². The van der Waals surface area contributed by atoms with E-state index in [1.54, 1.807) is 9.13 Å². The number of hydrogen-bond donors (Lipinski definition) is 0. The summed E-state index contributed by atoms with van der Waals surface area (Å²) in [6.45, 7) is 15.0. The second-order valence-corrected chi connectivity index (χ2v) is 7.43. The van der Waals surface area contributed by atoms with Crippen molar-refractivity contribution in [3.8, 4) is 23.5 Å². The number of rotatable bonds is 4. The molecule has 2 aromatic heterocycles. The molecule has 0 saturated carbocycles. The third-order valence-electron chi connectivity index (χ3n) is 5.50. The number of benzene rings is 3. The van der Waals surface area contributed by atoms with Crippen molar-refractivity contribution in [1.29, 1.82) is 10.5 Å². The Morgan fingerprint density at radius 3 is 1.59 bits per heavy atom. The van der Waals surface area contributed by atoms with E-state index >= 15 is 0 Å². The summed E-state index contributed by atoms with van der Waals surface area (Å²) in [5.74, 6) is -0.400. The highest BCUT2D eigenvalue weighted by molar-refractivity contribution is 5.94. The van der Waals surface area contributed by atoms with Crippen LogP contribution in [0.1, 0.15) is 23.7 Å². The molecule has 3 aromatic carbocycles. The van der Waals surface area contributed by atoms with Crippen molar-refractivity contribution >= 4 is 22.1 Å². The molecule has 0 saturated heterocycles. The summed E-state index contributed by atoms with van der Waals surface area (Å²) in [6, 6.07) is 26.5. The van der Waals surface area contributed by atoms with Crippen LogP contribution in [0, 0.1) is 35.8 Å². The van der Waals surface area contributed by atoms with Crippen LogP contribution in [0.25, 0.3) is 43.1 Å². The van der Waals surface area contributed by atoms with Crippen LogP contribution in [0.4, 0.5) is 0 Å². The van der Waals surface area contributed by atoms with E-state index in [2.05, 4.69) is 19.7 Å². The van der Waals surface area contributed by atoms with Crippen molar-refractivity contribution in [3.63, 3.8) is 0 Å². The molecule has 0 aliphatic carbocycles. The number of nitrogens with zero attached hydrogens (tertiary/aromatic N) is 8. The molecule has 34 heavy (non-hydrogen) atoms. The Kier molecular flexibility index (Phi) is 4.96. The molecule has 0 radical (unpaired) electrons. The SMILES string of the molecule is [C-]#[N+]C([N+]#[C-])c1nc2cc3c(cc2n1-c1ccccc1)nc(C(C#N)C#N)n3-c1ccccc1. The zero-order valence-corrected chi connectivity index (χ0v) is 17.7. The van der Waals surface area contributed by atoms with Crippen LogP contribution >= 0.6 is 0 Å². The van der Waals surface area contributed by atoms with Gasteiger partial charge >= 0.3 is 6.17 Å². The first kappa shape index (κ1) is 20.5. The Labute approximate surface area is 194 Å². The van der Waals surface area contributed by atoms with Crippen molar-refractivity contribution in [2.75, 3.05) is 0 Å². The van der Waals surface area contributed by atoms with E-state index < -0.39 is 12.1 Å². The van der Waals surface area contributed by atoms with Gasteiger partial charge in [-0.3, -0.25) is 9.13 Å². The van der Waals surface area contributed by atoms with Gasteiger partial charge in [0.1, 0.15) is 5.82 Å². The lowest BCUT2D eigenvalue weighted by molar-refractivity contribution is 0.872.